The number of piperidine rings is 1. The number of nitrogens with one attached hydrogen (secondary N) is 1. The van der Waals surface area contributed by atoms with Crippen molar-refractivity contribution >= 4 is 17.6 Å². The van der Waals surface area contributed by atoms with E-state index in [-0.39, 0.29) is 36.2 Å². The molecule has 2 aromatic rings. The van der Waals surface area contributed by atoms with Gasteiger partial charge in [0.15, 0.2) is 11.6 Å². The van der Waals surface area contributed by atoms with E-state index < -0.39 is 18.4 Å². The molecular formula is C25H32F3N5O3. The minimum absolute atomic E-state index is 0.134. The highest BCUT2D eigenvalue weighted by Crippen LogP contribution is 2.30. The van der Waals surface area contributed by atoms with Crippen molar-refractivity contribution in [2.45, 2.75) is 58.5 Å². The van der Waals surface area contributed by atoms with E-state index in [0.717, 1.165) is 0 Å². The first kappa shape index (κ1) is 25.9. The van der Waals surface area contributed by atoms with Crippen molar-refractivity contribution in [3.63, 3.8) is 0 Å². The minimum atomic E-state index is -2.36. The Bertz CT molecular complexity index is 1230. The van der Waals surface area contributed by atoms with Crippen molar-refractivity contribution < 1.29 is 17.9 Å². The summed E-state index contributed by atoms with van der Waals surface area (Å²) >= 11 is 0. The number of anilines is 2. The normalized spacial score (nSPS) is 18.8. The van der Waals surface area contributed by atoms with Crippen LogP contribution in [0.25, 0.3) is 6.08 Å². The molecule has 1 saturated heterocycles. The molecule has 1 fully saturated rings. The number of fused-ring (bicyclic) bond motifs is 1. The maximum atomic E-state index is 14.7. The van der Waals surface area contributed by atoms with E-state index in [4.69, 9.17) is 4.74 Å². The van der Waals surface area contributed by atoms with E-state index in [1.807, 2.05) is 6.92 Å². The van der Waals surface area contributed by atoms with Crippen LogP contribution in [0.15, 0.2) is 33.9 Å². The fourth-order valence-electron chi connectivity index (χ4n) is 4.78. The third-order valence-electron chi connectivity index (χ3n) is 6.74. The van der Waals surface area contributed by atoms with Gasteiger partial charge in [0.2, 0.25) is 0 Å². The van der Waals surface area contributed by atoms with Gasteiger partial charge in [-0.05, 0) is 50.5 Å². The maximum Gasteiger partial charge on any atom is 0.332 e. The largest absolute Gasteiger partial charge is 0.487 e. The number of aromatic nitrogens is 2. The Morgan fingerprint density at radius 1 is 1.14 bits per heavy atom. The Morgan fingerprint density at radius 3 is 2.44 bits per heavy atom. The zero-order chi connectivity index (χ0) is 26.0. The summed E-state index contributed by atoms with van der Waals surface area (Å²) in [6.07, 6.45) is 1.70. The van der Waals surface area contributed by atoms with E-state index in [9.17, 15) is 22.8 Å². The third kappa shape index (κ3) is 5.16. The molecule has 0 aliphatic carbocycles. The Balaban J connectivity index is 1.44. The van der Waals surface area contributed by atoms with E-state index in [1.165, 1.54) is 15.2 Å². The highest BCUT2D eigenvalue weighted by molar-refractivity contribution is 5.73. The van der Waals surface area contributed by atoms with Gasteiger partial charge in [-0.25, -0.2) is 18.0 Å². The van der Waals surface area contributed by atoms with Crippen molar-refractivity contribution in [3.8, 4) is 5.75 Å². The number of benzene rings is 1. The summed E-state index contributed by atoms with van der Waals surface area (Å²) in [4.78, 5) is 29.0. The summed E-state index contributed by atoms with van der Waals surface area (Å²) in [6.45, 7) is 5.04. The molecule has 11 heteroatoms. The van der Waals surface area contributed by atoms with Crippen molar-refractivity contribution in [2.24, 2.45) is 0 Å². The Morgan fingerprint density at radius 2 is 1.83 bits per heavy atom. The summed E-state index contributed by atoms with van der Waals surface area (Å²) in [6, 6.07) is 4.66. The van der Waals surface area contributed by atoms with Gasteiger partial charge in [-0.1, -0.05) is 12.1 Å². The molecule has 8 nitrogen and oxygen atoms in total. The molecule has 0 spiro atoms. The first-order valence-electron chi connectivity index (χ1n) is 12.2. The van der Waals surface area contributed by atoms with Crippen molar-refractivity contribution in [1.82, 2.24) is 14.0 Å². The topological polar surface area (TPSA) is 71.7 Å². The average Bonchev–Trinajstić information content (AvgIpc) is 3.17. The highest BCUT2D eigenvalue weighted by atomic mass is 19.3. The van der Waals surface area contributed by atoms with Gasteiger partial charge < -0.3 is 15.0 Å². The van der Waals surface area contributed by atoms with Crippen molar-refractivity contribution in [2.75, 3.05) is 36.9 Å². The van der Waals surface area contributed by atoms with Crippen LogP contribution in [-0.4, -0.2) is 59.4 Å². The Hall–Kier alpha value is -3.21. The lowest BCUT2D eigenvalue weighted by Crippen LogP contribution is -2.41. The smallest absolute Gasteiger partial charge is 0.332 e. The quantitative estimate of drug-likeness (QED) is 0.592. The number of alkyl halides is 2. The van der Waals surface area contributed by atoms with Gasteiger partial charge in [0.1, 0.15) is 23.8 Å². The van der Waals surface area contributed by atoms with Crippen LogP contribution in [0.4, 0.5) is 24.7 Å². The molecule has 1 aromatic carbocycles. The Labute approximate surface area is 207 Å². The minimum Gasteiger partial charge on any atom is -0.487 e. The molecule has 0 radical (unpaired) electrons. The monoisotopic (exact) mass is 507 g/mol. The lowest BCUT2D eigenvalue weighted by atomic mass is 10.1. The van der Waals surface area contributed by atoms with Crippen LogP contribution in [0.3, 0.4) is 0 Å². The molecule has 0 saturated carbocycles. The lowest BCUT2D eigenvalue weighted by molar-refractivity contribution is 0.0467. The molecule has 36 heavy (non-hydrogen) atoms. The molecular weight excluding hydrogens is 475 g/mol. The summed E-state index contributed by atoms with van der Waals surface area (Å²) in [7, 11) is 1.77. The zero-order valence-electron chi connectivity index (χ0n) is 20.7. The number of halogens is 3. The molecule has 2 aliphatic rings. The summed E-state index contributed by atoms with van der Waals surface area (Å²) in [5.41, 5.74) is 0.325. The van der Waals surface area contributed by atoms with Crippen LogP contribution in [0, 0.1) is 5.82 Å². The molecule has 1 atom stereocenters. The number of nitrogens with zero attached hydrogens (tertiary/aromatic N) is 4. The first-order valence-corrected chi connectivity index (χ1v) is 12.2. The van der Waals surface area contributed by atoms with Gasteiger partial charge in [-0.3, -0.25) is 18.8 Å². The number of rotatable bonds is 8. The number of hydrogen-bond donors (Lipinski definition) is 1. The van der Waals surface area contributed by atoms with Gasteiger partial charge in [0.05, 0.1) is 6.54 Å². The third-order valence-corrected chi connectivity index (χ3v) is 6.74. The standard InChI is InChI=1S/C25H32F3N5O3/c1-4-32-23-22(24(34)33(5-2)25(32)35)30(3)21(29-23)9-7-16-6-8-19(18(26)14-16)36-17-10-12-31(13-11-17)15-20(27)28/h6-9,14,17,20-21,29H,4-5,10-13,15H2,1-3H3/b9-7+. The fraction of sp³-hybridized carbons (Fsp3) is 0.520. The molecule has 4 rings (SSSR count). The molecule has 3 heterocycles. The zero-order valence-corrected chi connectivity index (χ0v) is 20.7. The Kier molecular flexibility index (Phi) is 7.77. The summed E-state index contributed by atoms with van der Waals surface area (Å²) in [5, 5.41) is 3.22. The predicted octanol–water partition coefficient (Wildman–Crippen LogP) is 3.20. The van der Waals surface area contributed by atoms with E-state index in [1.54, 1.807) is 48.1 Å². The van der Waals surface area contributed by atoms with Gasteiger partial charge >= 0.3 is 5.69 Å². The van der Waals surface area contributed by atoms with Gasteiger partial charge in [0, 0.05) is 33.2 Å². The molecule has 1 N–H and O–H groups in total. The molecule has 0 amide bonds. The maximum absolute atomic E-state index is 14.7. The second-order valence-electron chi connectivity index (χ2n) is 9.03. The van der Waals surface area contributed by atoms with Crippen LogP contribution < -0.4 is 26.2 Å². The average molecular weight is 508 g/mol. The van der Waals surface area contributed by atoms with Crippen molar-refractivity contribution in [1.29, 1.82) is 0 Å². The highest BCUT2D eigenvalue weighted by Gasteiger charge is 2.31. The van der Waals surface area contributed by atoms with Gasteiger partial charge in [-0.15, -0.1) is 0 Å². The summed E-state index contributed by atoms with van der Waals surface area (Å²) in [5.74, 6) is 0.104. The van der Waals surface area contributed by atoms with Crippen LogP contribution in [0.1, 0.15) is 32.3 Å². The van der Waals surface area contributed by atoms with E-state index in [2.05, 4.69) is 5.32 Å². The van der Waals surface area contributed by atoms with E-state index >= 15 is 0 Å². The fourth-order valence-corrected chi connectivity index (χ4v) is 4.78. The van der Waals surface area contributed by atoms with Crippen LogP contribution >= 0.6 is 0 Å². The van der Waals surface area contributed by atoms with Gasteiger partial charge in [0.25, 0.3) is 12.0 Å². The lowest BCUT2D eigenvalue weighted by Gasteiger charge is -2.31. The van der Waals surface area contributed by atoms with E-state index in [0.29, 0.717) is 49.5 Å². The second kappa shape index (κ2) is 10.8. The van der Waals surface area contributed by atoms with Crippen molar-refractivity contribution in [3.05, 3.63) is 56.5 Å². The molecule has 0 bridgehead atoms. The number of ether oxygens (including phenoxy) is 1. The summed E-state index contributed by atoms with van der Waals surface area (Å²) < 4.78 is 48.4. The second-order valence-corrected chi connectivity index (χ2v) is 9.03. The SMILES string of the molecule is CCn1c2c(c(=O)n(CC)c1=O)N(C)C(/C=C/c1ccc(OC3CCN(CC(F)F)CC3)c(F)c1)N2. The molecule has 196 valence electrons. The van der Waals surface area contributed by atoms with Crippen LogP contribution in [0.2, 0.25) is 0 Å². The number of hydrogen-bond acceptors (Lipinski definition) is 6. The predicted molar refractivity (Wildman–Crippen MR) is 134 cm³/mol. The van der Waals surface area contributed by atoms with Crippen LogP contribution in [0.5, 0.6) is 5.75 Å². The number of likely N-dealkylation sites (N-methyl/N-ethyl adjacent to an activating group) is 1. The van der Waals surface area contributed by atoms with Crippen LogP contribution in [-0.2, 0) is 13.1 Å². The first-order chi connectivity index (χ1) is 17.2. The van der Waals surface area contributed by atoms with Gasteiger partial charge in [-0.2, -0.15) is 0 Å². The molecule has 2 aliphatic heterocycles. The molecule has 1 aromatic heterocycles. The number of likely N-dealkylation sites (tertiary alicyclic amines) is 1. The molecule has 1 unspecified atom stereocenters.